The molecule has 4 nitrogen and oxygen atoms in total. The highest BCUT2D eigenvalue weighted by Gasteiger charge is 2.29. The number of benzene rings is 6. The van der Waals surface area contributed by atoms with Crippen molar-refractivity contribution >= 4 is 0 Å². The Hall–Kier alpha value is -6.00. The van der Waals surface area contributed by atoms with Gasteiger partial charge in [0.15, 0.2) is 0 Å². The van der Waals surface area contributed by atoms with Crippen LogP contribution in [0.2, 0.25) is 0 Å². The molecule has 0 aliphatic heterocycles. The van der Waals surface area contributed by atoms with Gasteiger partial charge in [0.1, 0.15) is 49.4 Å². The van der Waals surface area contributed by atoms with Crippen LogP contribution in [0.15, 0.2) is 135 Å². The van der Waals surface area contributed by atoms with Crippen LogP contribution >= 0.6 is 0 Å². The molecule has 7 rings (SSSR count). The summed E-state index contributed by atoms with van der Waals surface area (Å²) in [6.07, 6.45) is 6.10. The van der Waals surface area contributed by atoms with Gasteiger partial charge in [0.05, 0.1) is 0 Å². The van der Waals surface area contributed by atoms with Crippen LogP contribution in [0.3, 0.4) is 0 Å². The first-order valence-corrected chi connectivity index (χ1v) is 24.6. The predicted octanol–water partition coefficient (Wildman–Crippen LogP) is 15.8. The Morgan fingerprint density at radius 1 is 0.353 bits per heavy atom. The molecule has 8 bridgehead atoms. The number of hydrogen-bond acceptors (Lipinski definition) is 4. The molecule has 0 saturated heterocycles. The quantitative estimate of drug-likeness (QED) is 0.114. The largest absolute Gasteiger partial charge is 0.489 e. The molecular weight excluding hydrogens is 833 g/mol. The summed E-state index contributed by atoms with van der Waals surface area (Å²) in [5.41, 5.74) is 15.6. The molecule has 6 aromatic rings. The predicted molar refractivity (Wildman–Crippen MR) is 285 cm³/mol. The van der Waals surface area contributed by atoms with Crippen LogP contribution in [0, 0.1) is 0 Å². The van der Waals surface area contributed by atoms with E-state index in [9.17, 15) is 0 Å². The first kappa shape index (κ1) is 49.9. The van der Waals surface area contributed by atoms with E-state index in [0.717, 1.165) is 78.6 Å². The summed E-state index contributed by atoms with van der Waals surface area (Å²) in [7, 11) is 0. The van der Waals surface area contributed by atoms with Gasteiger partial charge in [-0.3, -0.25) is 0 Å². The topological polar surface area (TPSA) is 36.9 Å². The van der Waals surface area contributed by atoms with E-state index in [0.29, 0.717) is 52.1 Å². The Bertz CT molecular complexity index is 2440. The molecule has 1 aliphatic rings. The number of fused-ring (bicyclic) bond motifs is 8. The lowest BCUT2D eigenvalue weighted by atomic mass is 9.79. The highest BCUT2D eigenvalue weighted by Crippen LogP contribution is 2.45. The fourth-order valence-corrected chi connectivity index (χ4v) is 9.11. The number of rotatable bonds is 12. The van der Waals surface area contributed by atoms with Crippen molar-refractivity contribution in [3.63, 3.8) is 0 Å². The summed E-state index contributed by atoms with van der Waals surface area (Å²) >= 11 is 0. The van der Waals surface area contributed by atoms with Crippen molar-refractivity contribution in [1.29, 1.82) is 0 Å². The van der Waals surface area contributed by atoms with Crippen molar-refractivity contribution in [2.45, 2.75) is 144 Å². The molecule has 1 aliphatic carbocycles. The summed E-state index contributed by atoms with van der Waals surface area (Å²) in [5, 5.41) is 0. The van der Waals surface area contributed by atoms with Crippen molar-refractivity contribution in [2.24, 2.45) is 0 Å². The fourth-order valence-electron chi connectivity index (χ4n) is 9.11. The van der Waals surface area contributed by atoms with Crippen LogP contribution in [0.1, 0.15) is 161 Å². The zero-order chi connectivity index (χ0) is 49.0. The maximum absolute atomic E-state index is 7.18. The molecule has 0 saturated carbocycles. The van der Waals surface area contributed by atoms with Crippen LogP contribution in [-0.4, -0.2) is 13.2 Å². The SMILES string of the molecule is C=CCOc1c2cc(C(C)(C)C)cc1Cc1cc(C(C)(C)C)cc(c1OCc1ccccc1)Cc1cc(C(C)(C)C)cc(c1OCC=C)Cc1cc(C(C)(C)C)cc(c1OCc1ccccc1)C2. The molecule has 0 spiro atoms. The van der Waals surface area contributed by atoms with Gasteiger partial charge in [-0.1, -0.05) is 218 Å². The van der Waals surface area contributed by atoms with E-state index in [1.54, 1.807) is 0 Å². The zero-order valence-electron chi connectivity index (χ0n) is 43.3. The Kier molecular flexibility index (Phi) is 14.9. The van der Waals surface area contributed by atoms with Crippen LogP contribution in [0.5, 0.6) is 23.0 Å². The van der Waals surface area contributed by atoms with E-state index in [1.807, 2.05) is 12.2 Å². The van der Waals surface area contributed by atoms with Crippen molar-refractivity contribution in [3.8, 4) is 23.0 Å². The van der Waals surface area contributed by atoms with E-state index in [4.69, 9.17) is 18.9 Å². The lowest BCUT2D eigenvalue weighted by Crippen LogP contribution is -2.17. The minimum atomic E-state index is -0.146. The van der Waals surface area contributed by atoms with Crippen LogP contribution in [0.25, 0.3) is 0 Å². The molecule has 0 fully saturated rings. The fraction of sp³-hybridized carbons (Fsp3) is 0.375. The Morgan fingerprint density at radius 2 is 0.574 bits per heavy atom. The average molecular weight is 909 g/mol. The van der Waals surface area contributed by atoms with Gasteiger partial charge in [-0.05, 0) is 99.5 Å². The molecule has 0 atom stereocenters. The molecule has 356 valence electrons. The minimum absolute atomic E-state index is 0.146. The van der Waals surface area contributed by atoms with E-state index >= 15 is 0 Å². The molecule has 0 N–H and O–H groups in total. The third-order valence-electron chi connectivity index (χ3n) is 13.1. The van der Waals surface area contributed by atoms with Gasteiger partial charge in [-0.15, -0.1) is 0 Å². The second kappa shape index (κ2) is 20.3. The summed E-state index contributed by atoms with van der Waals surface area (Å²) < 4.78 is 28.2. The maximum Gasteiger partial charge on any atom is 0.126 e. The van der Waals surface area contributed by atoms with E-state index < -0.39 is 0 Å². The summed E-state index contributed by atoms with van der Waals surface area (Å²) in [5.74, 6) is 3.58. The first-order chi connectivity index (χ1) is 32.1. The number of hydrogen-bond donors (Lipinski definition) is 0. The van der Waals surface area contributed by atoms with Gasteiger partial charge in [0.2, 0.25) is 0 Å². The van der Waals surface area contributed by atoms with Gasteiger partial charge >= 0.3 is 0 Å². The van der Waals surface area contributed by atoms with Crippen LogP contribution in [-0.2, 0) is 60.6 Å². The van der Waals surface area contributed by atoms with Gasteiger partial charge in [-0.25, -0.2) is 0 Å². The van der Waals surface area contributed by atoms with E-state index in [2.05, 4.69) is 205 Å². The maximum atomic E-state index is 7.18. The third kappa shape index (κ3) is 12.0. The first-order valence-electron chi connectivity index (χ1n) is 24.6. The van der Waals surface area contributed by atoms with Crippen LogP contribution < -0.4 is 18.9 Å². The highest BCUT2D eigenvalue weighted by molar-refractivity contribution is 5.60. The smallest absolute Gasteiger partial charge is 0.126 e. The van der Waals surface area contributed by atoms with Crippen molar-refractivity contribution in [1.82, 2.24) is 0 Å². The molecule has 0 heterocycles. The lowest BCUT2D eigenvalue weighted by molar-refractivity contribution is 0.299. The van der Waals surface area contributed by atoms with Gasteiger partial charge in [0, 0.05) is 25.7 Å². The third-order valence-corrected chi connectivity index (χ3v) is 13.1. The van der Waals surface area contributed by atoms with Crippen LogP contribution in [0.4, 0.5) is 0 Å². The van der Waals surface area contributed by atoms with Crippen molar-refractivity contribution in [2.75, 3.05) is 13.2 Å². The molecule has 68 heavy (non-hydrogen) atoms. The second-order valence-corrected chi connectivity index (χ2v) is 22.9. The van der Waals surface area contributed by atoms with Gasteiger partial charge in [-0.2, -0.15) is 0 Å². The molecule has 0 unspecified atom stereocenters. The standard InChI is InChI=1S/C64H76O4/c1-15-27-65-57-45-29-49-37-55(63(9,10)11)39-51(59(49)67-41-43-23-19-17-20-24-43)31-47-35-54(62(6,7)8)36-48(58(47)66-28-16-2)32-52-40-56(64(12,13)14)38-50(30-46(57)34-53(33-45)61(3,4)5)60(52)68-42-44-25-21-18-22-26-44/h15-26,33-40H,1-2,27-32,41-42H2,3-14H3. The molecular formula is C64H76O4. The summed E-state index contributed by atoms with van der Waals surface area (Å²) in [4.78, 5) is 0. The summed E-state index contributed by atoms with van der Waals surface area (Å²) in [6.45, 7) is 37.5. The Balaban J connectivity index is 1.62. The van der Waals surface area contributed by atoms with Gasteiger partial charge < -0.3 is 18.9 Å². The summed E-state index contributed by atoms with van der Waals surface area (Å²) in [6, 6.07) is 40.0. The monoisotopic (exact) mass is 909 g/mol. The highest BCUT2D eigenvalue weighted by atomic mass is 16.5. The number of ether oxygens (including phenoxy) is 4. The van der Waals surface area contributed by atoms with E-state index in [-0.39, 0.29) is 21.7 Å². The lowest BCUT2D eigenvalue weighted by Gasteiger charge is -2.29. The van der Waals surface area contributed by atoms with Crippen molar-refractivity contribution < 1.29 is 18.9 Å². The molecule has 0 aromatic heterocycles. The normalized spacial score (nSPS) is 13.1. The van der Waals surface area contributed by atoms with Crippen molar-refractivity contribution in [3.05, 3.63) is 212 Å². The van der Waals surface area contributed by atoms with E-state index in [1.165, 1.54) is 22.3 Å². The Morgan fingerprint density at radius 3 is 0.779 bits per heavy atom. The molecule has 4 heteroatoms. The zero-order valence-corrected chi connectivity index (χ0v) is 43.3. The second-order valence-electron chi connectivity index (χ2n) is 22.9. The van der Waals surface area contributed by atoms with Gasteiger partial charge in [0.25, 0.3) is 0 Å². The molecule has 6 aromatic carbocycles. The molecule has 0 radical (unpaired) electrons. The Labute approximate surface area is 409 Å². The average Bonchev–Trinajstić information content (AvgIpc) is 3.26. The minimum Gasteiger partial charge on any atom is -0.489 e. The molecule has 0 amide bonds.